The van der Waals surface area contributed by atoms with E-state index in [4.69, 9.17) is 0 Å². The number of hydrazine groups is 1. The summed E-state index contributed by atoms with van der Waals surface area (Å²) in [5.74, 6) is 1.37. The van der Waals surface area contributed by atoms with E-state index in [1.807, 2.05) is 42.5 Å². The fourth-order valence-corrected chi connectivity index (χ4v) is 2.48. The molecule has 8 bridgehead atoms. The summed E-state index contributed by atoms with van der Waals surface area (Å²) in [5, 5.41) is 0. The molecule has 25 heavy (non-hydrogen) atoms. The van der Waals surface area contributed by atoms with Gasteiger partial charge < -0.3 is 0 Å². The first-order chi connectivity index (χ1) is 11.8. The second-order valence-corrected chi connectivity index (χ2v) is 5.30. The van der Waals surface area contributed by atoms with Gasteiger partial charge in [0.25, 0.3) is 5.96 Å². The van der Waals surface area contributed by atoms with Crippen LogP contribution in [0, 0.1) is 0 Å². The van der Waals surface area contributed by atoms with Crippen molar-refractivity contribution in [3.05, 3.63) is 59.6 Å². The largest absolute Gasteiger partial charge is 0.282 e. The molecular weight excluding hydrogens is 363 g/mol. The molecule has 5 aliphatic rings. The maximum Gasteiger partial charge on any atom is 0.253 e. The number of hydrogen-bond acceptors (Lipinski definition) is 8. The summed E-state index contributed by atoms with van der Waals surface area (Å²) >= 11 is 0. The zero-order chi connectivity index (χ0) is 15.9. The van der Waals surface area contributed by atoms with Crippen LogP contribution in [0.3, 0.4) is 0 Å². The van der Waals surface area contributed by atoms with Crippen molar-refractivity contribution >= 4 is 35.4 Å². The Kier molecular flexibility index (Phi) is 3.71. The zero-order valence-electron chi connectivity index (χ0n) is 12.6. The molecule has 2 N–H and O–H groups in total. The maximum atomic E-state index is 4.53. The van der Waals surface area contributed by atoms with Gasteiger partial charge in [-0.2, -0.15) is 9.98 Å². The average Bonchev–Trinajstić information content (AvgIpc) is 3.32. The van der Waals surface area contributed by atoms with Crippen LogP contribution in [0.4, 0.5) is 0 Å². The summed E-state index contributed by atoms with van der Waals surface area (Å²) in [4.78, 5) is 26.2. The molecule has 0 spiro atoms. The van der Waals surface area contributed by atoms with Gasteiger partial charge in [0.15, 0.2) is 5.84 Å². The number of nitrogens with one attached hydrogen (secondary N) is 2. The van der Waals surface area contributed by atoms with Crippen molar-refractivity contribution in [3.63, 3.8) is 0 Å². The van der Waals surface area contributed by atoms with Gasteiger partial charge in [-0.3, -0.25) is 10.9 Å². The Labute approximate surface area is 152 Å². The van der Waals surface area contributed by atoms with Crippen molar-refractivity contribution in [2.24, 2.45) is 30.0 Å². The number of rotatable bonds is 0. The van der Waals surface area contributed by atoms with E-state index in [2.05, 4.69) is 40.8 Å². The molecule has 5 aliphatic heterocycles. The first-order valence-electron chi connectivity index (χ1n) is 7.31. The second-order valence-electron chi connectivity index (χ2n) is 5.30. The number of aliphatic imine (C=N–C) groups is 6. The number of amidine groups is 1. The number of hydrogen-bond donors (Lipinski definition) is 2. The SMILES string of the molecule is C1=CC2=NC1=CC1=NC(=NC3=NC(=CC4=NC(=C2)C=C4)C=N3)NN1.[Co]. The van der Waals surface area contributed by atoms with Gasteiger partial charge in [0.05, 0.1) is 34.7 Å². The third kappa shape index (κ3) is 3.10. The topological polar surface area (TPSA) is 98.2 Å². The molecule has 0 atom stereocenters. The van der Waals surface area contributed by atoms with E-state index in [0.29, 0.717) is 23.5 Å². The van der Waals surface area contributed by atoms with Crippen LogP contribution in [0.2, 0.25) is 0 Å². The molecule has 0 saturated heterocycles. The van der Waals surface area contributed by atoms with Crippen LogP contribution in [0.5, 0.6) is 0 Å². The van der Waals surface area contributed by atoms with Crippen molar-refractivity contribution in [1.29, 1.82) is 0 Å². The van der Waals surface area contributed by atoms with Gasteiger partial charge >= 0.3 is 0 Å². The fourth-order valence-electron chi connectivity index (χ4n) is 2.48. The van der Waals surface area contributed by atoms with Crippen LogP contribution in [0.25, 0.3) is 0 Å². The molecule has 5 heterocycles. The molecule has 0 fully saturated rings. The van der Waals surface area contributed by atoms with Crippen molar-refractivity contribution in [2.45, 2.75) is 0 Å². The molecule has 0 aliphatic carbocycles. The minimum atomic E-state index is 0. The van der Waals surface area contributed by atoms with Gasteiger partial charge in [-0.15, -0.1) is 0 Å². The summed E-state index contributed by atoms with van der Waals surface area (Å²) in [6.45, 7) is 0. The number of nitrogens with zero attached hydrogens (tertiary/aromatic N) is 6. The van der Waals surface area contributed by atoms with Crippen molar-refractivity contribution in [3.8, 4) is 0 Å². The van der Waals surface area contributed by atoms with E-state index in [-0.39, 0.29) is 16.8 Å². The Hall–Kier alpha value is -3.17. The summed E-state index contributed by atoms with van der Waals surface area (Å²) < 4.78 is 0. The predicted molar refractivity (Wildman–Crippen MR) is 94.5 cm³/mol. The Morgan fingerprint density at radius 1 is 0.640 bits per heavy atom. The zero-order valence-corrected chi connectivity index (χ0v) is 13.7. The Balaban J connectivity index is 0.00000157. The van der Waals surface area contributed by atoms with Gasteiger partial charge in [-0.1, -0.05) is 0 Å². The van der Waals surface area contributed by atoms with E-state index in [0.717, 1.165) is 22.8 Å². The molecular formula is C16H10CoN8. The smallest absolute Gasteiger partial charge is 0.253 e. The molecule has 8 nitrogen and oxygen atoms in total. The third-order valence-corrected chi connectivity index (χ3v) is 3.52. The molecule has 123 valence electrons. The Morgan fingerprint density at radius 2 is 1.36 bits per heavy atom. The van der Waals surface area contributed by atoms with E-state index in [1.54, 1.807) is 6.21 Å². The van der Waals surface area contributed by atoms with E-state index in [9.17, 15) is 0 Å². The van der Waals surface area contributed by atoms with Crippen LogP contribution in [0.1, 0.15) is 0 Å². The first kappa shape index (κ1) is 15.4. The molecule has 0 aromatic heterocycles. The van der Waals surface area contributed by atoms with Crippen LogP contribution in [0.15, 0.2) is 89.6 Å². The van der Waals surface area contributed by atoms with E-state index < -0.39 is 0 Å². The van der Waals surface area contributed by atoms with Gasteiger partial charge in [-0.05, 0) is 36.5 Å². The number of guanidine groups is 2. The average molecular weight is 373 g/mol. The van der Waals surface area contributed by atoms with Gasteiger partial charge in [0.2, 0.25) is 5.96 Å². The Bertz CT molecular complexity index is 995. The standard InChI is InChI=1S/C16H10N8.Co/c1-2-11-6-13-8-17-15(20-13)22-16-21-14(23-24-16)7-12-4-3-10(19-12)5-9(1)18-11;/h1-8H,(H2,17,20,21,22,23,24);. The van der Waals surface area contributed by atoms with Crippen LogP contribution < -0.4 is 10.9 Å². The first-order valence-corrected chi connectivity index (χ1v) is 7.31. The molecule has 0 saturated carbocycles. The summed E-state index contributed by atoms with van der Waals surface area (Å²) in [5.41, 5.74) is 9.81. The number of fused-ring (bicyclic) bond motifs is 4. The fraction of sp³-hybridized carbons (Fsp3) is 0. The Morgan fingerprint density at radius 3 is 2.16 bits per heavy atom. The van der Waals surface area contributed by atoms with Crippen LogP contribution in [-0.4, -0.2) is 35.4 Å². The van der Waals surface area contributed by atoms with Crippen molar-refractivity contribution in [2.75, 3.05) is 0 Å². The summed E-state index contributed by atoms with van der Waals surface area (Å²) in [7, 11) is 0. The van der Waals surface area contributed by atoms with Gasteiger partial charge in [0.1, 0.15) is 0 Å². The normalized spacial score (nSPS) is 21.8. The molecule has 0 unspecified atom stereocenters. The summed E-state index contributed by atoms with van der Waals surface area (Å²) in [6, 6.07) is 0. The van der Waals surface area contributed by atoms with Crippen molar-refractivity contribution in [1.82, 2.24) is 10.9 Å². The minimum Gasteiger partial charge on any atom is -0.282 e. The van der Waals surface area contributed by atoms with E-state index >= 15 is 0 Å². The summed E-state index contributed by atoms with van der Waals surface area (Å²) in [6.07, 6.45) is 15.0. The molecule has 0 aromatic rings. The van der Waals surface area contributed by atoms with Crippen molar-refractivity contribution < 1.29 is 16.8 Å². The monoisotopic (exact) mass is 373 g/mol. The molecule has 1 radical (unpaired) electrons. The van der Waals surface area contributed by atoms with Gasteiger partial charge in [-0.25, -0.2) is 20.0 Å². The van der Waals surface area contributed by atoms with Gasteiger partial charge in [0, 0.05) is 22.9 Å². The predicted octanol–water partition coefficient (Wildman–Crippen LogP) is 0.973. The molecule has 5 rings (SSSR count). The molecule has 0 aromatic carbocycles. The number of allylic oxidation sites excluding steroid dienone is 7. The van der Waals surface area contributed by atoms with Crippen LogP contribution in [-0.2, 0) is 16.8 Å². The quantitative estimate of drug-likeness (QED) is 0.662. The van der Waals surface area contributed by atoms with E-state index in [1.165, 1.54) is 0 Å². The third-order valence-electron chi connectivity index (χ3n) is 3.52. The van der Waals surface area contributed by atoms with Crippen LogP contribution >= 0.6 is 0 Å². The maximum absolute atomic E-state index is 4.53. The molecule has 9 heteroatoms. The second kappa shape index (κ2) is 6.04. The molecule has 0 amide bonds. The minimum absolute atomic E-state index is 0.